The summed E-state index contributed by atoms with van der Waals surface area (Å²) in [4.78, 5) is 13.2. The first kappa shape index (κ1) is 14.5. The van der Waals surface area contributed by atoms with Gasteiger partial charge in [-0.1, -0.05) is 48.0 Å². The van der Waals surface area contributed by atoms with Crippen LogP contribution in [-0.2, 0) is 0 Å². The van der Waals surface area contributed by atoms with Crippen LogP contribution in [0.15, 0.2) is 30.3 Å². The SMILES string of the molecule is CC(C)CC(Br)CNC(=O)c1cc2ccccc2s1. The molecule has 0 bridgehead atoms. The molecule has 1 heterocycles. The number of amides is 1. The molecular formula is C15H18BrNOS. The summed E-state index contributed by atoms with van der Waals surface area (Å²) in [6.45, 7) is 5.04. The number of fused-ring (bicyclic) bond motifs is 1. The molecule has 0 aliphatic carbocycles. The van der Waals surface area contributed by atoms with Crippen LogP contribution in [0.2, 0.25) is 0 Å². The monoisotopic (exact) mass is 339 g/mol. The van der Waals surface area contributed by atoms with Gasteiger partial charge in [-0.05, 0) is 29.9 Å². The van der Waals surface area contributed by atoms with Crippen molar-refractivity contribution in [2.45, 2.75) is 25.1 Å². The Balaban J connectivity index is 1.96. The Kier molecular flexibility index (Phi) is 4.99. The van der Waals surface area contributed by atoms with Crippen LogP contribution in [0.5, 0.6) is 0 Å². The van der Waals surface area contributed by atoms with Gasteiger partial charge in [-0.3, -0.25) is 4.79 Å². The number of rotatable bonds is 5. The first-order valence-electron chi connectivity index (χ1n) is 6.47. The van der Waals surface area contributed by atoms with Gasteiger partial charge in [0, 0.05) is 16.1 Å². The Labute approximate surface area is 126 Å². The molecule has 0 saturated carbocycles. The number of hydrogen-bond acceptors (Lipinski definition) is 2. The van der Waals surface area contributed by atoms with Crippen molar-refractivity contribution in [2.75, 3.05) is 6.54 Å². The maximum Gasteiger partial charge on any atom is 0.261 e. The minimum absolute atomic E-state index is 0.0226. The average Bonchev–Trinajstić information content (AvgIpc) is 2.78. The summed E-state index contributed by atoms with van der Waals surface area (Å²) in [5, 5.41) is 4.12. The van der Waals surface area contributed by atoms with E-state index in [1.807, 2.05) is 30.3 Å². The smallest absolute Gasteiger partial charge is 0.261 e. The number of carbonyl (C=O) groups excluding carboxylic acids is 1. The summed E-state index contributed by atoms with van der Waals surface area (Å²) < 4.78 is 1.16. The lowest BCUT2D eigenvalue weighted by Gasteiger charge is -2.12. The molecule has 2 aromatic rings. The van der Waals surface area contributed by atoms with Crippen molar-refractivity contribution >= 4 is 43.3 Å². The van der Waals surface area contributed by atoms with Gasteiger partial charge in [0.1, 0.15) is 0 Å². The predicted octanol–water partition coefficient (Wildman–Crippen LogP) is 4.44. The van der Waals surface area contributed by atoms with Gasteiger partial charge in [0.25, 0.3) is 5.91 Å². The average molecular weight is 340 g/mol. The van der Waals surface area contributed by atoms with E-state index in [1.165, 1.54) is 0 Å². The van der Waals surface area contributed by atoms with E-state index < -0.39 is 0 Å². The lowest BCUT2D eigenvalue weighted by molar-refractivity contribution is 0.0957. The third-order valence-electron chi connectivity index (χ3n) is 2.86. The molecule has 4 heteroatoms. The molecule has 0 aliphatic rings. The lowest BCUT2D eigenvalue weighted by Crippen LogP contribution is -2.29. The number of halogens is 1. The van der Waals surface area contributed by atoms with Gasteiger partial charge < -0.3 is 5.32 Å². The van der Waals surface area contributed by atoms with Crippen molar-refractivity contribution in [1.29, 1.82) is 0 Å². The van der Waals surface area contributed by atoms with Gasteiger partial charge in [-0.15, -0.1) is 11.3 Å². The van der Waals surface area contributed by atoms with E-state index in [-0.39, 0.29) is 5.91 Å². The quantitative estimate of drug-likeness (QED) is 0.801. The maximum absolute atomic E-state index is 12.1. The standard InChI is InChI=1S/C15H18BrNOS/c1-10(2)7-12(16)9-17-15(18)14-8-11-5-3-4-6-13(11)19-14/h3-6,8,10,12H,7,9H2,1-2H3,(H,17,18). The number of carbonyl (C=O) groups is 1. The van der Waals surface area contributed by atoms with Gasteiger partial charge in [-0.25, -0.2) is 0 Å². The Bertz CT molecular complexity index is 531. The van der Waals surface area contributed by atoms with Crippen LogP contribution in [0.1, 0.15) is 29.9 Å². The summed E-state index contributed by atoms with van der Waals surface area (Å²) in [7, 11) is 0. The number of alkyl halides is 1. The molecule has 1 N–H and O–H groups in total. The molecule has 0 saturated heterocycles. The van der Waals surface area contributed by atoms with Crippen LogP contribution in [0.25, 0.3) is 10.1 Å². The fourth-order valence-corrected chi connectivity index (χ4v) is 3.87. The van der Waals surface area contributed by atoms with Crippen molar-refractivity contribution in [3.05, 3.63) is 35.2 Å². The summed E-state index contributed by atoms with van der Waals surface area (Å²) >= 11 is 5.15. The van der Waals surface area contributed by atoms with Crippen molar-refractivity contribution in [3.63, 3.8) is 0 Å². The molecule has 2 rings (SSSR count). The summed E-state index contributed by atoms with van der Waals surface area (Å²) in [6.07, 6.45) is 1.06. The first-order valence-corrected chi connectivity index (χ1v) is 8.20. The van der Waals surface area contributed by atoms with E-state index in [2.05, 4.69) is 35.1 Å². The molecule has 19 heavy (non-hydrogen) atoms. The van der Waals surface area contributed by atoms with Gasteiger partial charge in [0.15, 0.2) is 0 Å². The molecule has 1 unspecified atom stereocenters. The highest BCUT2D eigenvalue weighted by Gasteiger charge is 2.12. The molecule has 0 radical (unpaired) electrons. The Morgan fingerprint density at radius 1 is 1.37 bits per heavy atom. The molecule has 1 aromatic heterocycles. The zero-order valence-corrected chi connectivity index (χ0v) is 13.6. The minimum atomic E-state index is 0.0226. The van der Waals surface area contributed by atoms with Crippen LogP contribution >= 0.6 is 27.3 Å². The van der Waals surface area contributed by atoms with E-state index in [0.717, 1.165) is 21.4 Å². The first-order chi connectivity index (χ1) is 9.06. The Hall–Kier alpha value is -0.870. The second-order valence-corrected chi connectivity index (χ2v) is 7.46. The predicted molar refractivity (Wildman–Crippen MR) is 86.3 cm³/mol. The number of benzene rings is 1. The third-order valence-corrected chi connectivity index (χ3v) is 4.67. The van der Waals surface area contributed by atoms with Crippen LogP contribution in [0.4, 0.5) is 0 Å². The van der Waals surface area contributed by atoms with Crippen molar-refractivity contribution < 1.29 is 4.79 Å². The van der Waals surface area contributed by atoms with E-state index >= 15 is 0 Å². The van der Waals surface area contributed by atoms with E-state index in [9.17, 15) is 4.79 Å². The zero-order valence-electron chi connectivity index (χ0n) is 11.2. The van der Waals surface area contributed by atoms with Gasteiger partial charge >= 0.3 is 0 Å². The summed E-state index contributed by atoms with van der Waals surface area (Å²) in [5.74, 6) is 0.653. The fraction of sp³-hybridized carbons (Fsp3) is 0.400. The molecule has 102 valence electrons. The fourth-order valence-electron chi connectivity index (χ4n) is 1.98. The third kappa shape index (κ3) is 4.05. The van der Waals surface area contributed by atoms with Gasteiger partial charge in [0.05, 0.1) is 4.88 Å². The van der Waals surface area contributed by atoms with Crippen molar-refractivity contribution in [1.82, 2.24) is 5.32 Å². The van der Waals surface area contributed by atoms with Crippen LogP contribution < -0.4 is 5.32 Å². The number of thiophene rings is 1. The minimum Gasteiger partial charge on any atom is -0.350 e. The molecule has 0 spiro atoms. The topological polar surface area (TPSA) is 29.1 Å². The van der Waals surface area contributed by atoms with Gasteiger partial charge in [0.2, 0.25) is 0 Å². The van der Waals surface area contributed by atoms with Gasteiger partial charge in [-0.2, -0.15) is 0 Å². The van der Waals surface area contributed by atoms with E-state index in [4.69, 9.17) is 0 Å². The second kappa shape index (κ2) is 6.53. The lowest BCUT2D eigenvalue weighted by atomic mass is 10.1. The highest BCUT2D eigenvalue weighted by Crippen LogP contribution is 2.25. The highest BCUT2D eigenvalue weighted by molar-refractivity contribution is 9.09. The highest BCUT2D eigenvalue weighted by atomic mass is 79.9. The molecule has 1 atom stereocenters. The maximum atomic E-state index is 12.1. The second-order valence-electron chi connectivity index (χ2n) is 5.09. The molecule has 0 fully saturated rings. The Morgan fingerprint density at radius 3 is 2.79 bits per heavy atom. The summed E-state index contributed by atoms with van der Waals surface area (Å²) in [5.41, 5.74) is 0. The van der Waals surface area contributed by atoms with Crippen LogP contribution in [0.3, 0.4) is 0 Å². The van der Waals surface area contributed by atoms with E-state index in [1.54, 1.807) is 11.3 Å². The normalized spacial score (nSPS) is 12.8. The molecule has 0 aliphatic heterocycles. The summed E-state index contributed by atoms with van der Waals surface area (Å²) in [6, 6.07) is 10.0. The molecule has 1 aromatic carbocycles. The van der Waals surface area contributed by atoms with E-state index in [0.29, 0.717) is 17.3 Å². The molecule has 2 nitrogen and oxygen atoms in total. The molecule has 1 amide bonds. The van der Waals surface area contributed by atoms with Crippen LogP contribution in [-0.4, -0.2) is 17.3 Å². The largest absolute Gasteiger partial charge is 0.350 e. The van der Waals surface area contributed by atoms with Crippen LogP contribution in [0, 0.1) is 5.92 Å². The number of nitrogens with one attached hydrogen (secondary N) is 1. The molecular weight excluding hydrogens is 322 g/mol. The zero-order chi connectivity index (χ0) is 13.8. The Morgan fingerprint density at radius 2 is 2.11 bits per heavy atom. The number of hydrogen-bond donors (Lipinski definition) is 1. The van der Waals surface area contributed by atoms with Crippen molar-refractivity contribution in [3.8, 4) is 0 Å². The van der Waals surface area contributed by atoms with Crippen molar-refractivity contribution in [2.24, 2.45) is 5.92 Å².